The summed E-state index contributed by atoms with van der Waals surface area (Å²) in [7, 11) is 0. The van der Waals surface area contributed by atoms with Crippen molar-refractivity contribution in [1.82, 2.24) is 0 Å². The Morgan fingerprint density at radius 1 is 1.47 bits per heavy atom. The highest BCUT2D eigenvalue weighted by atomic mass is 16.6. The van der Waals surface area contributed by atoms with Crippen molar-refractivity contribution in [3.63, 3.8) is 0 Å². The lowest BCUT2D eigenvalue weighted by Crippen LogP contribution is -2.23. The van der Waals surface area contributed by atoms with Gasteiger partial charge in [0.25, 0.3) is 0 Å². The van der Waals surface area contributed by atoms with E-state index >= 15 is 0 Å². The van der Waals surface area contributed by atoms with Crippen molar-refractivity contribution in [3.8, 4) is 6.07 Å². The summed E-state index contributed by atoms with van der Waals surface area (Å²) in [6.45, 7) is 1.34. The second-order valence-corrected chi connectivity index (χ2v) is 3.20. The molecule has 78 valence electrons. The highest BCUT2D eigenvalue weighted by molar-refractivity contribution is 5.32. The summed E-state index contributed by atoms with van der Waals surface area (Å²) < 4.78 is 0. The van der Waals surface area contributed by atoms with Crippen molar-refractivity contribution in [3.05, 3.63) is 45.5 Å². The van der Waals surface area contributed by atoms with Gasteiger partial charge in [-0.05, 0) is 17.7 Å². The Labute approximate surface area is 86.7 Å². The van der Waals surface area contributed by atoms with Crippen molar-refractivity contribution in [2.75, 3.05) is 0 Å². The number of aliphatic hydroxyl groups is 1. The second-order valence-electron chi connectivity index (χ2n) is 3.20. The minimum atomic E-state index is -1.15. The van der Waals surface area contributed by atoms with Gasteiger partial charge >= 0.3 is 0 Å². The topological polar surface area (TPSA) is 87.2 Å². The van der Waals surface area contributed by atoms with Gasteiger partial charge in [0.2, 0.25) is 6.04 Å². The Kier molecular flexibility index (Phi) is 3.37. The van der Waals surface area contributed by atoms with Gasteiger partial charge in [0, 0.05) is 11.8 Å². The molecule has 0 unspecified atom stereocenters. The van der Waals surface area contributed by atoms with E-state index in [0.29, 0.717) is 11.1 Å². The van der Waals surface area contributed by atoms with Gasteiger partial charge in [0.05, 0.1) is 11.6 Å². The second kappa shape index (κ2) is 4.53. The average Bonchev–Trinajstić information content (AvgIpc) is 2.27. The van der Waals surface area contributed by atoms with E-state index in [1.54, 1.807) is 0 Å². The van der Waals surface area contributed by atoms with E-state index < -0.39 is 17.1 Å². The molecule has 1 rings (SSSR count). The number of nitro groups is 1. The molecule has 2 atom stereocenters. The maximum atomic E-state index is 10.4. The summed E-state index contributed by atoms with van der Waals surface area (Å²) in [6, 6.07) is 6.94. The molecule has 0 aromatic heterocycles. The van der Waals surface area contributed by atoms with Gasteiger partial charge in [0.15, 0.2) is 0 Å². The van der Waals surface area contributed by atoms with Crippen molar-refractivity contribution in [2.24, 2.45) is 0 Å². The van der Waals surface area contributed by atoms with Gasteiger partial charge in [-0.25, -0.2) is 0 Å². The van der Waals surface area contributed by atoms with E-state index in [4.69, 9.17) is 5.26 Å². The molecule has 1 aromatic rings. The molecule has 0 radical (unpaired) electrons. The molecule has 5 heteroatoms. The molecular formula is C10H10N2O3. The van der Waals surface area contributed by atoms with Gasteiger partial charge in [-0.15, -0.1) is 0 Å². The van der Waals surface area contributed by atoms with E-state index in [-0.39, 0.29) is 0 Å². The molecule has 0 aliphatic heterocycles. The number of rotatable bonds is 3. The molecule has 0 saturated carbocycles. The normalized spacial score (nSPS) is 13.9. The molecular weight excluding hydrogens is 196 g/mol. The van der Waals surface area contributed by atoms with E-state index in [0.717, 1.165) is 0 Å². The van der Waals surface area contributed by atoms with Crippen LogP contribution in [0.4, 0.5) is 0 Å². The van der Waals surface area contributed by atoms with Crippen molar-refractivity contribution >= 4 is 0 Å². The Bertz CT molecular complexity index is 394. The van der Waals surface area contributed by atoms with Crippen LogP contribution in [0.15, 0.2) is 24.3 Å². The Balaban J connectivity index is 2.88. The summed E-state index contributed by atoms with van der Waals surface area (Å²) in [5.41, 5.74) is 0.901. The number of hydrogen-bond acceptors (Lipinski definition) is 4. The lowest BCUT2D eigenvalue weighted by molar-refractivity contribution is -0.531. The van der Waals surface area contributed by atoms with Gasteiger partial charge in [-0.3, -0.25) is 10.1 Å². The van der Waals surface area contributed by atoms with Crippen LogP contribution in [0, 0.1) is 21.4 Å². The first-order valence-corrected chi connectivity index (χ1v) is 4.38. The highest BCUT2D eigenvalue weighted by Gasteiger charge is 2.25. The fourth-order valence-electron chi connectivity index (χ4n) is 1.15. The molecule has 1 N–H and O–H groups in total. The third kappa shape index (κ3) is 2.51. The molecule has 0 aliphatic rings. The third-order valence-corrected chi connectivity index (χ3v) is 2.17. The van der Waals surface area contributed by atoms with Crippen LogP contribution in [0.5, 0.6) is 0 Å². The zero-order valence-electron chi connectivity index (χ0n) is 8.12. The maximum absolute atomic E-state index is 10.4. The van der Waals surface area contributed by atoms with Crippen LogP contribution in [0.1, 0.15) is 24.2 Å². The van der Waals surface area contributed by atoms with Crippen molar-refractivity contribution < 1.29 is 10.0 Å². The van der Waals surface area contributed by atoms with Crippen LogP contribution in [-0.4, -0.2) is 16.1 Å². The molecule has 0 spiro atoms. The molecule has 0 aliphatic carbocycles. The zero-order valence-corrected chi connectivity index (χ0v) is 8.12. The molecule has 0 amide bonds. The molecule has 1 aromatic carbocycles. The van der Waals surface area contributed by atoms with Crippen LogP contribution in [0.25, 0.3) is 0 Å². The van der Waals surface area contributed by atoms with Crippen LogP contribution >= 0.6 is 0 Å². The molecule has 0 bridgehead atoms. The average molecular weight is 206 g/mol. The Morgan fingerprint density at radius 2 is 2.00 bits per heavy atom. The first-order chi connectivity index (χ1) is 7.06. The highest BCUT2D eigenvalue weighted by Crippen LogP contribution is 2.18. The van der Waals surface area contributed by atoms with Gasteiger partial charge in [-0.2, -0.15) is 5.26 Å². The molecule has 0 heterocycles. The number of nitriles is 1. The minimum absolute atomic E-state index is 0.443. The predicted molar refractivity (Wildman–Crippen MR) is 52.6 cm³/mol. The van der Waals surface area contributed by atoms with E-state index in [1.807, 2.05) is 6.07 Å². The fourth-order valence-corrected chi connectivity index (χ4v) is 1.15. The lowest BCUT2D eigenvalue weighted by atomic mass is 10.0. The number of hydrogen-bond donors (Lipinski definition) is 1. The molecule has 5 nitrogen and oxygen atoms in total. The largest absolute Gasteiger partial charge is 0.381 e. The van der Waals surface area contributed by atoms with E-state index in [2.05, 4.69) is 0 Å². The lowest BCUT2D eigenvalue weighted by Gasteiger charge is -2.12. The zero-order chi connectivity index (χ0) is 11.4. The van der Waals surface area contributed by atoms with Crippen LogP contribution < -0.4 is 0 Å². The SMILES string of the molecule is C[C@@H]([C@H](O)c1ccc(C#N)cc1)[N+](=O)[O-]. The molecule has 0 saturated heterocycles. The third-order valence-electron chi connectivity index (χ3n) is 2.17. The monoisotopic (exact) mass is 206 g/mol. The first-order valence-electron chi connectivity index (χ1n) is 4.38. The first kappa shape index (κ1) is 11.1. The summed E-state index contributed by atoms with van der Waals surface area (Å²) in [5.74, 6) is 0. The summed E-state index contributed by atoms with van der Waals surface area (Å²) in [5, 5.41) is 28.6. The minimum Gasteiger partial charge on any atom is -0.381 e. The van der Waals surface area contributed by atoms with Gasteiger partial charge in [0.1, 0.15) is 6.10 Å². The quantitative estimate of drug-likeness (QED) is 0.595. The van der Waals surface area contributed by atoms with Crippen LogP contribution in [-0.2, 0) is 0 Å². The predicted octanol–water partition coefficient (Wildman–Crippen LogP) is 1.26. The van der Waals surface area contributed by atoms with Crippen LogP contribution in [0.2, 0.25) is 0 Å². The number of nitrogens with zero attached hydrogens (tertiary/aromatic N) is 2. The smallest absolute Gasteiger partial charge is 0.239 e. The Hall–Kier alpha value is -1.93. The van der Waals surface area contributed by atoms with Crippen LogP contribution in [0.3, 0.4) is 0 Å². The van der Waals surface area contributed by atoms with E-state index in [1.165, 1.54) is 31.2 Å². The number of benzene rings is 1. The van der Waals surface area contributed by atoms with E-state index in [9.17, 15) is 15.2 Å². The molecule has 15 heavy (non-hydrogen) atoms. The Morgan fingerprint density at radius 3 is 2.40 bits per heavy atom. The van der Waals surface area contributed by atoms with Crippen molar-refractivity contribution in [1.29, 1.82) is 5.26 Å². The van der Waals surface area contributed by atoms with Crippen molar-refractivity contribution in [2.45, 2.75) is 19.1 Å². The standard InChI is InChI=1S/C10H10N2O3/c1-7(12(14)15)10(13)9-4-2-8(6-11)3-5-9/h2-5,7,10,13H,1H3/t7-,10-/m0/s1. The summed E-state index contributed by atoms with van der Waals surface area (Å²) in [6.07, 6.45) is -1.15. The maximum Gasteiger partial charge on any atom is 0.239 e. The summed E-state index contributed by atoms with van der Waals surface area (Å²) in [4.78, 5) is 9.89. The van der Waals surface area contributed by atoms with Gasteiger partial charge < -0.3 is 5.11 Å². The number of aliphatic hydroxyl groups excluding tert-OH is 1. The van der Waals surface area contributed by atoms with Gasteiger partial charge in [-0.1, -0.05) is 12.1 Å². The summed E-state index contributed by atoms with van der Waals surface area (Å²) >= 11 is 0. The molecule has 0 fully saturated rings. The fraction of sp³-hybridized carbons (Fsp3) is 0.300.